The zero-order valence-electron chi connectivity index (χ0n) is 21.2. The normalized spacial score (nSPS) is 13.0. The molecule has 38 heavy (non-hydrogen) atoms. The van der Waals surface area contributed by atoms with Crippen LogP contribution < -0.4 is 14.3 Å². The molecule has 0 saturated heterocycles. The smallest absolute Gasteiger partial charge is 0.339 e. The lowest BCUT2D eigenvalue weighted by Gasteiger charge is -2.20. The molecule has 0 fully saturated rings. The van der Waals surface area contributed by atoms with Gasteiger partial charge >= 0.3 is 10.1 Å². The van der Waals surface area contributed by atoms with Crippen LogP contribution in [0.3, 0.4) is 0 Å². The van der Waals surface area contributed by atoms with Gasteiger partial charge in [0, 0.05) is 10.0 Å². The maximum Gasteiger partial charge on any atom is 0.339 e. The molecule has 0 aliphatic heterocycles. The summed E-state index contributed by atoms with van der Waals surface area (Å²) in [6.45, 7) is 7.07. The number of halogens is 1. The molecule has 1 atom stereocenters. The average molecular weight is 623 g/mol. The number of rotatable bonds is 10. The molecule has 3 aromatic carbocycles. The van der Waals surface area contributed by atoms with Crippen molar-refractivity contribution < 1.29 is 25.8 Å². The highest BCUT2D eigenvalue weighted by Gasteiger charge is 2.28. The van der Waals surface area contributed by atoms with E-state index in [-0.39, 0.29) is 21.1 Å². The molecule has 0 aliphatic rings. The Morgan fingerprint density at radius 3 is 2.00 bits per heavy atom. The fourth-order valence-corrected chi connectivity index (χ4v) is 5.92. The highest BCUT2D eigenvalue weighted by atomic mass is 79.9. The van der Waals surface area contributed by atoms with Crippen molar-refractivity contribution in [2.75, 3.05) is 0 Å². The van der Waals surface area contributed by atoms with Crippen LogP contribution in [-0.4, -0.2) is 35.0 Å². The van der Waals surface area contributed by atoms with Crippen LogP contribution in [0.2, 0.25) is 0 Å². The Bertz CT molecular complexity index is 1540. The molecular weight excluding hydrogens is 594 g/mol. The fourth-order valence-electron chi connectivity index (χ4n) is 3.25. The van der Waals surface area contributed by atoms with Crippen LogP contribution in [0.5, 0.6) is 5.75 Å². The van der Waals surface area contributed by atoms with Gasteiger partial charge in [0.05, 0.1) is 11.1 Å². The van der Waals surface area contributed by atoms with E-state index in [0.29, 0.717) is 4.47 Å². The predicted molar refractivity (Wildman–Crippen MR) is 149 cm³/mol. The van der Waals surface area contributed by atoms with Gasteiger partial charge in [0.1, 0.15) is 10.9 Å². The molecule has 1 amide bonds. The van der Waals surface area contributed by atoms with E-state index in [9.17, 15) is 21.6 Å². The van der Waals surface area contributed by atoms with Crippen LogP contribution in [0.25, 0.3) is 0 Å². The molecule has 0 heterocycles. The third-order valence-corrected chi connectivity index (χ3v) is 8.62. The second-order valence-electron chi connectivity index (χ2n) is 8.92. The number of nitrogens with one attached hydrogen (secondary N) is 2. The topological polar surface area (TPSA) is 131 Å². The van der Waals surface area contributed by atoms with Crippen molar-refractivity contribution in [3.05, 3.63) is 87.9 Å². The van der Waals surface area contributed by atoms with Crippen molar-refractivity contribution in [3.63, 3.8) is 0 Å². The first-order valence-electron chi connectivity index (χ1n) is 11.5. The van der Waals surface area contributed by atoms with Crippen LogP contribution in [0, 0.1) is 19.8 Å². The Balaban J connectivity index is 1.77. The first kappa shape index (κ1) is 29.5. The van der Waals surface area contributed by atoms with Gasteiger partial charge in [0.2, 0.25) is 10.0 Å². The number of sulfonamides is 1. The molecule has 3 rings (SSSR count). The molecule has 0 spiro atoms. The predicted octanol–water partition coefficient (Wildman–Crippen LogP) is 4.29. The number of hydrazone groups is 1. The molecule has 12 heteroatoms. The van der Waals surface area contributed by atoms with Crippen LogP contribution in [0.4, 0.5) is 0 Å². The number of nitrogens with zero attached hydrogens (tertiary/aromatic N) is 1. The SMILES string of the molecule is Cc1ccc(S(=O)(=O)N[C@H](C(=O)N/N=C\c2cc(Br)ccc2OS(=O)(=O)c2ccc(C)cc2)C(C)C)cc1. The molecule has 0 saturated carbocycles. The minimum atomic E-state index is -4.12. The van der Waals surface area contributed by atoms with Crippen molar-refractivity contribution in [2.24, 2.45) is 11.0 Å². The lowest BCUT2D eigenvalue weighted by molar-refractivity contribution is -0.123. The number of aryl methyl sites for hydroxylation is 2. The molecule has 3 aromatic rings. The molecule has 202 valence electrons. The summed E-state index contributed by atoms with van der Waals surface area (Å²) in [5.41, 5.74) is 4.39. The lowest BCUT2D eigenvalue weighted by Crippen LogP contribution is -2.48. The van der Waals surface area contributed by atoms with E-state index in [1.54, 1.807) is 50.2 Å². The molecule has 2 N–H and O–H groups in total. The van der Waals surface area contributed by atoms with Crippen LogP contribution in [0.15, 0.2) is 86.1 Å². The first-order valence-corrected chi connectivity index (χ1v) is 15.2. The third kappa shape index (κ3) is 7.73. The quantitative estimate of drug-likeness (QED) is 0.197. The maximum absolute atomic E-state index is 12.8. The summed E-state index contributed by atoms with van der Waals surface area (Å²) in [5.74, 6) is -1.08. The van der Waals surface area contributed by atoms with Gasteiger partial charge in [-0.3, -0.25) is 4.79 Å². The monoisotopic (exact) mass is 621 g/mol. The van der Waals surface area contributed by atoms with Crippen molar-refractivity contribution in [2.45, 2.75) is 43.5 Å². The van der Waals surface area contributed by atoms with E-state index in [4.69, 9.17) is 4.18 Å². The van der Waals surface area contributed by atoms with E-state index in [0.717, 1.165) is 11.1 Å². The van der Waals surface area contributed by atoms with Crippen LogP contribution in [0.1, 0.15) is 30.5 Å². The molecule has 0 aliphatic carbocycles. The van der Waals surface area contributed by atoms with Crippen molar-refractivity contribution in [3.8, 4) is 5.75 Å². The van der Waals surface area contributed by atoms with Crippen LogP contribution >= 0.6 is 15.9 Å². The van der Waals surface area contributed by atoms with Gasteiger partial charge in [-0.25, -0.2) is 13.8 Å². The number of amides is 1. The molecule has 9 nitrogen and oxygen atoms in total. The molecule has 0 bridgehead atoms. The van der Waals surface area contributed by atoms with Gasteiger partial charge in [-0.15, -0.1) is 0 Å². The summed E-state index contributed by atoms with van der Waals surface area (Å²) in [7, 11) is -8.08. The van der Waals surface area contributed by atoms with E-state index in [1.807, 2.05) is 13.8 Å². The average Bonchev–Trinajstić information content (AvgIpc) is 2.84. The summed E-state index contributed by atoms with van der Waals surface area (Å²) >= 11 is 3.32. The molecule has 0 unspecified atom stereocenters. The second kappa shape index (κ2) is 12.2. The van der Waals surface area contributed by atoms with Gasteiger partial charge in [-0.05, 0) is 62.2 Å². The number of hydrogen-bond donors (Lipinski definition) is 2. The van der Waals surface area contributed by atoms with Gasteiger partial charge in [-0.1, -0.05) is 65.2 Å². The van der Waals surface area contributed by atoms with Crippen molar-refractivity contribution in [1.29, 1.82) is 0 Å². The summed E-state index contributed by atoms with van der Waals surface area (Å²) < 4.78 is 59.5. The van der Waals surface area contributed by atoms with Crippen LogP contribution in [-0.2, 0) is 24.9 Å². The Kier molecular flexibility index (Phi) is 9.47. The number of hydrogen-bond acceptors (Lipinski definition) is 7. The van der Waals surface area contributed by atoms with Gasteiger partial charge < -0.3 is 4.18 Å². The largest absolute Gasteiger partial charge is 0.378 e. The Morgan fingerprint density at radius 1 is 0.895 bits per heavy atom. The third-order valence-electron chi connectivity index (χ3n) is 5.42. The number of carbonyl (C=O) groups is 1. The number of benzene rings is 3. The molecule has 0 radical (unpaired) electrons. The van der Waals surface area contributed by atoms with E-state index in [2.05, 4.69) is 31.2 Å². The first-order chi connectivity index (χ1) is 17.8. The van der Waals surface area contributed by atoms with Gasteiger partial charge in [-0.2, -0.15) is 18.2 Å². The zero-order valence-corrected chi connectivity index (χ0v) is 24.4. The lowest BCUT2D eigenvalue weighted by atomic mass is 10.1. The van der Waals surface area contributed by atoms with Gasteiger partial charge in [0.15, 0.2) is 5.75 Å². The zero-order chi connectivity index (χ0) is 28.1. The maximum atomic E-state index is 12.8. The van der Waals surface area contributed by atoms with Crippen molar-refractivity contribution in [1.82, 2.24) is 10.1 Å². The summed E-state index contributed by atoms with van der Waals surface area (Å²) in [4.78, 5) is 12.9. The highest BCUT2D eigenvalue weighted by molar-refractivity contribution is 9.10. The van der Waals surface area contributed by atoms with E-state index >= 15 is 0 Å². The van der Waals surface area contributed by atoms with Gasteiger partial charge in [0.25, 0.3) is 5.91 Å². The van der Waals surface area contributed by atoms with Crippen molar-refractivity contribution >= 4 is 48.2 Å². The highest BCUT2D eigenvalue weighted by Crippen LogP contribution is 2.25. The minimum Gasteiger partial charge on any atom is -0.378 e. The number of carbonyl (C=O) groups excluding carboxylic acids is 1. The molecular formula is C26H28BrN3O6S2. The fraction of sp³-hybridized carbons (Fsp3) is 0.231. The summed E-state index contributed by atoms with van der Waals surface area (Å²) in [5, 5.41) is 3.92. The summed E-state index contributed by atoms with van der Waals surface area (Å²) in [6, 6.07) is 16.0. The minimum absolute atomic E-state index is 0.00717. The van der Waals surface area contributed by atoms with E-state index < -0.39 is 38.0 Å². The summed E-state index contributed by atoms with van der Waals surface area (Å²) in [6.07, 6.45) is 1.22. The van der Waals surface area contributed by atoms with E-state index in [1.165, 1.54) is 36.5 Å². The molecule has 0 aromatic heterocycles. The Labute approximate surface area is 231 Å². The second-order valence-corrected chi connectivity index (χ2v) is 13.1. The Morgan fingerprint density at radius 2 is 1.45 bits per heavy atom. The Hall–Kier alpha value is -3.06. The standard InChI is InChI=1S/C26H28BrN3O6S2/c1-17(2)25(30-37(32,33)22-10-5-18(3)6-11-22)26(31)29-28-16-20-15-21(27)9-14-24(20)36-38(34,35)23-12-7-19(4)8-13-23/h5-17,25,30H,1-4H3,(H,29,31)/b28-16-/t25-/m0/s1.